The van der Waals surface area contributed by atoms with E-state index in [0.717, 1.165) is 10.0 Å². The van der Waals surface area contributed by atoms with Crippen molar-refractivity contribution in [2.24, 2.45) is 0 Å². The number of hydrogen-bond acceptors (Lipinski definition) is 3. The van der Waals surface area contributed by atoms with Gasteiger partial charge in [0, 0.05) is 11.8 Å². The van der Waals surface area contributed by atoms with Crippen LogP contribution in [0.1, 0.15) is 5.56 Å². The van der Waals surface area contributed by atoms with Gasteiger partial charge in [0.25, 0.3) is 0 Å². The minimum Gasteiger partial charge on any atom is -0.397 e. The summed E-state index contributed by atoms with van der Waals surface area (Å²) in [5, 5.41) is 2.61. The zero-order chi connectivity index (χ0) is 8.72. The molecule has 0 aliphatic carbocycles. The molecular formula is C7H6BrN3O. The fourth-order valence-corrected chi connectivity index (χ4v) is 1.51. The minimum atomic E-state index is -0.0534. The Labute approximate surface area is 77.3 Å². The standard InChI is InChI=1S/C7H6BrN3O/c8-4-2-10-7-3(6(4)9)1-5(12)11-7/h2H,1H2,(H3,9,10,11,12). The number of fused-ring (bicyclic) bond motifs is 1. The average Bonchev–Trinajstić information content (AvgIpc) is 2.39. The quantitative estimate of drug-likeness (QED) is 0.693. The zero-order valence-corrected chi connectivity index (χ0v) is 7.68. The van der Waals surface area contributed by atoms with Crippen molar-refractivity contribution in [2.75, 3.05) is 11.1 Å². The van der Waals surface area contributed by atoms with Crippen LogP contribution in [0.25, 0.3) is 0 Å². The van der Waals surface area contributed by atoms with Gasteiger partial charge < -0.3 is 11.1 Å². The van der Waals surface area contributed by atoms with Crippen LogP contribution in [-0.2, 0) is 11.2 Å². The second kappa shape index (κ2) is 2.45. The number of nitrogens with zero attached hydrogens (tertiary/aromatic N) is 1. The monoisotopic (exact) mass is 227 g/mol. The van der Waals surface area contributed by atoms with Crippen LogP contribution in [0.4, 0.5) is 11.5 Å². The minimum absolute atomic E-state index is 0.0534. The van der Waals surface area contributed by atoms with Gasteiger partial charge in [0.05, 0.1) is 16.6 Å². The summed E-state index contributed by atoms with van der Waals surface area (Å²) in [6, 6.07) is 0. The maximum absolute atomic E-state index is 10.9. The van der Waals surface area contributed by atoms with E-state index in [1.807, 2.05) is 0 Å². The molecule has 0 atom stereocenters. The number of halogens is 1. The number of pyridine rings is 1. The molecule has 0 saturated carbocycles. The summed E-state index contributed by atoms with van der Waals surface area (Å²) >= 11 is 3.24. The average molecular weight is 228 g/mol. The van der Waals surface area contributed by atoms with Crippen LogP contribution in [0.2, 0.25) is 0 Å². The molecule has 0 radical (unpaired) electrons. The van der Waals surface area contributed by atoms with Crippen molar-refractivity contribution in [1.82, 2.24) is 4.98 Å². The second-order valence-electron chi connectivity index (χ2n) is 2.57. The van der Waals surface area contributed by atoms with E-state index < -0.39 is 0 Å². The molecule has 4 nitrogen and oxygen atoms in total. The van der Waals surface area contributed by atoms with Gasteiger partial charge in [-0.2, -0.15) is 0 Å². The van der Waals surface area contributed by atoms with Gasteiger partial charge in [-0.25, -0.2) is 4.98 Å². The van der Waals surface area contributed by atoms with E-state index in [9.17, 15) is 4.79 Å². The van der Waals surface area contributed by atoms with Crippen LogP contribution in [0, 0.1) is 0 Å². The lowest BCUT2D eigenvalue weighted by molar-refractivity contribution is -0.115. The number of anilines is 2. The van der Waals surface area contributed by atoms with Gasteiger partial charge in [0.2, 0.25) is 5.91 Å². The Morgan fingerprint density at radius 3 is 3.17 bits per heavy atom. The smallest absolute Gasteiger partial charge is 0.230 e. The van der Waals surface area contributed by atoms with E-state index in [0.29, 0.717) is 17.9 Å². The predicted octanol–water partition coefficient (Wildman–Crippen LogP) is 0.921. The molecule has 1 amide bonds. The van der Waals surface area contributed by atoms with Crippen molar-refractivity contribution >= 4 is 33.3 Å². The van der Waals surface area contributed by atoms with Crippen LogP contribution in [-0.4, -0.2) is 10.9 Å². The largest absolute Gasteiger partial charge is 0.397 e. The molecule has 0 bridgehead atoms. The molecular weight excluding hydrogens is 222 g/mol. The number of hydrogen-bond donors (Lipinski definition) is 2. The van der Waals surface area contributed by atoms with E-state index >= 15 is 0 Å². The first-order chi connectivity index (χ1) is 5.68. The molecule has 1 aliphatic heterocycles. The summed E-state index contributed by atoms with van der Waals surface area (Å²) in [6.45, 7) is 0. The molecule has 0 unspecified atom stereocenters. The Kier molecular flexibility index (Phi) is 1.54. The van der Waals surface area contributed by atoms with Gasteiger partial charge in [0.15, 0.2) is 0 Å². The maximum Gasteiger partial charge on any atom is 0.230 e. The third kappa shape index (κ3) is 0.972. The molecule has 1 aliphatic rings. The highest BCUT2D eigenvalue weighted by molar-refractivity contribution is 9.10. The highest BCUT2D eigenvalue weighted by atomic mass is 79.9. The number of nitrogens with two attached hydrogens (primary N) is 1. The molecule has 5 heteroatoms. The van der Waals surface area contributed by atoms with E-state index in [2.05, 4.69) is 26.2 Å². The highest BCUT2D eigenvalue weighted by Gasteiger charge is 2.22. The third-order valence-corrected chi connectivity index (χ3v) is 2.40. The van der Waals surface area contributed by atoms with E-state index in [-0.39, 0.29) is 5.91 Å². The molecule has 1 aromatic heterocycles. The van der Waals surface area contributed by atoms with Crippen molar-refractivity contribution < 1.29 is 4.79 Å². The Hall–Kier alpha value is -1.10. The topological polar surface area (TPSA) is 68.0 Å². The molecule has 0 fully saturated rings. The predicted molar refractivity (Wildman–Crippen MR) is 48.7 cm³/mol. The molecule has 62 valence electrons. The first-order valence-electron chi connectivity index (χ1n) is 3.41. The summed E-state index contributed by atoms with van der Waals surface area (Å²) in [7, 11) is 0. The SMILES string of the molecule is Nc1c(Br)cnc2c1CC(=O)N2. The van der Waals surface area contributed by atoms with Crippen molar-refractivity contribution in [2.45, 2.75) is 6.42 Å². The lowest BCUT2D eigenvalue weighted by atomic mass is 10.2. The lowest BCUT2D eigenvalue weighted by Crippen LogP contribution is -2.04. The number of carbonyl (C=O) groups excluding carboxylic acids is 1. The second-order valence-corrected chi connectivity index (χ2v) is 3.43. The molecule has 12 heavy (non-hydrogen) atoms. The van der Waals surface area contributed by atoms with Crippen LogP contribution < -0.4 is 11.1 Å². The van der Waals surface area contributed by atoms with Gasteiger partial charge in [-0.1, -0.05) is 0 Å². The summed E-state index contributed by atoms with van der Waals surface area (Å²) in [5.74, 6) is 0.531. The van der Waals surface area contributed by atoms with E-state index in [1.54, 1.807) is 6.20 Å². The fourth-order valence-electron chi connectivity index (χ4n) is 1.16. The molecule has 0 aromatic carbocycles. The van der Waals surface area contributed by atoms with Crippen LogP contribution in [0.15, 0.2) is 10.7 Å². The highest BCUT2D eigenvalue weighted by Crippen LogP contribution is 2.31. The van der Waals surface area contributed by atoms with Crippen molar-refractivity contribution in [3.8, 4) is 0 Å². The van der Waals surface area contributed by atoms with Crippen molar-refractivity contribution in [3.05, 3.63) is 16.2 Å². The van der Waals surface area contributed by atoms with Crippen molar-refractivity contribution in [3.63, 3.8) is 0 Å². The molecule has 0 saturated heterocycles. The molecule has 2 rings (SSSR count). The van der Waals surface area contributed by atoms with Gasteiger partial charge in [-0.3, -0.25) is 4.79 Å². The van der Waals surface area contributed by atoms with Gasteiger partial charge in [0.1, 0.15) is 5.82 Å². The first kappa shape index (κ1) is 7.54. The zero-order valence-electron chi connectivity index (χ0n) is 6.10. The number of nitrogens with one attached hydrogen (secondary N) is 1. The lowest BCUT2D eigenvalue weighted by Gasteiger charge is -2.02. The summed E-state index contributed by atoms with van der Waals surface area (Å²) < 4.78 is 0.734. The van der Waals surface area contributed by atoms with Crippen molar-refractivity contribution in [1.29, 1.82) is 0 Å². The molecule has 1 aromatic rings. The van der Waals surface area contributed by atoms with Crippen LogP contribution >= 0.6 is 15.9 Å². The van der Waals surface area contributed by atoms with Crippen LogP contribution in [0.3, 0.4) is 0 Å². The number of rotatable bonds is 0. The Morgan fingerprint density at radius 1 is 1.67 bits per heavy atom. The number of aromatic nitrogens is 1. The summed E-state index contributed by atoms with van der Waals surface area (Å²) in [5.41, 5.74) is 7.10. The van der Waals surface area contributed by atoms with E-state index in [1.165, 1.54) is 0 Å². The maximum atomic E-state index is 10.9. The van der Waals surface area contributed by atoms with E-state index in [4.69, 9.17) is 5.73 Å². The normalized spacial score (nSPS) is 14.2. The number of amides is 1. The Morgan fingerprint density at radius 2 is 2.42 bits per heavy atom. The van der Waals surface area contributed by atoms with Gasteiger partial charge in [-0.05, 0) is 15.9 Å². The Bertz CT molecular complexity index is 364. The first-order valence-corrected chi connectivity index (χ1v) is 4.20. The Balaban J connectivity index is 2.61. The number of carbonyl (C=O) groups is 1. The summed E-state index contributed by atoms with van der Waals surface area (Å²) in [6.07, 6.45) is 1.91. The van der Waals surface area contributed by atoms with Gasteiger partial charge >= 0.3 is 0 Å². The molecule has 3 N–H and O–H groups in total. The van der Waals surface area contributed by atoms with Crippen LogP contribution in [0.5, 0.6) is 0 Å². The van der Waals surface area contributed by atoms with Gasteiger partial charge in [-0.15, -0.1) is 0 Å². The third-order valence-electron chi connectivity index (χ3n) is 1.77. The summed E-state index contributed by atoms with van der Waals surface area (Å²) in [4.78, 5) is 15.0. The molecule has 2 heterocycles. The molecule has 0 spiro atoms. The number of nitrogen functional groups attached to an aromatic ring is 1. The fraction of sp³-hybridized carbons (Fsp3) is 0.143.